The number of hydrogen-bond donors (Lipinski definition) is 0. The third kappa shape index (κ3) is 5.59. The molecular formula is C14H26N2O3. The van der Waals surface area contributed by atoms with Crippen molar-refractivity contribution in [2.75, 3.05) is 33.7 Å². The molecule has 5 nitrogen and oxygen atoms in total. The molecule has 0 spiro atoms. The van der Waals surface area contributed by atoms with Gasteiger partial charge >= 0.3 is 6.09 Å². The summed E-state index contributed by atoms with van der Waals surface area (Å²) in [6, 6.07) is 0. The van der Waals surface area contributed by atoms with Crippen LogP contribution in [0, 0.1) is 5.92 Å². The second kappa shape index (κ2) is 6.37. The number of carbonyl (C=O) groups is 2. The number of amides is 1. The zero-order valence-corrected chi connectivity index (χ0v) is 12.7. The Hall–Kier alpha value is -1.10. The van der Waals surface area contributed by atoms with E-state index in [1.165, 1.54) is 0 Å². The van der Waals surface area contributed by atoms with Gasteiger partial charge in [-0.3, -0.25) is 4.79 Å². The second-order valence-corrected chi connectivity index (χ2v) is 6.43. The van der Waals surface area contributed by atoms with Crippen LogP contribution >= 0.6 is 0 Å². The van der Waals surface area contributed by atoms with E-state index in [4.69, 9.17) is 4.74 Å². The van der Waals surface area contributed by atoms with Gasteiger partial charge in [0.15, 0.2) is 0 Å². The Kier molecular flexibility index (Phi) is 5.35. The van der Waals surface area contributed by atoms with Crippen molar-refractivity contribution in [3.8, 4) is 0 Å². The van der Waals surface area contributed by atoms with Gasteiger partial charge in [0, 0.05) is 25.4 Å². The van der Waals surface area contributed by atoms with Crippen LogP contribution in [0.5, 0.6) is 0 Å². The smallest absolute Gasteiger partial charge is 0.410 e. The molecule has 1 atom stereocenters. The minimum absolute atomic E-state index is 0.0522. The lowest BCUT2D eigenvalue weighted by molar-refractivity contribution is -0.126. The molecule has 110 valence electrons. The highest BCUT2D eigenvalue weighted by molar-refractivity contribution is 5.84. The maximum atomic E-state index is 12.0. The lowest BCUT2D eigenvalue weighted by atomic mass is 9.93. The molecule has 19 heavy (non-hydrogen) atoms. The van der Waals surface area contributed by atoms with Crippen LogP contribution in [-0.4, -0.2) is 61.0 Å². The van der Waals surface area contributed by atoms with E-state index in [1.807, 2.05) is 34.9 Å². The van der Waals surface area contributed by atoms with Crippen molar-refractivity contribution in [2.24, 2.45) is 5.92 Å². The SMILES string of the molecule is CN(C)CCC1CN(C(=O)OC(C)(C)C)CCC1=O. The first-order valence-corrected chi connectivity index (χ1v) is 6.84. The number of ketones is 1. The molecule has 0 radical (unpaired) electrons. The van der Waals surface area contributed by atoms with Gasteiger partial charge in [-0.05, 0) is 47.8 Å². The highest BCUT2D eigenvalue weighted by Crippen LogP contribution is 2.19. The monoisotopic (exact) mass is 270 g/mol. The normalized spacial score (nSPS) is 20.8. The van der Waals surface area contributed by atoms with Crippen LogP contribution in [0.25, 0.3) is 0 Å². The van der Waals surface area contributed by atoms with Gasteiger partial charge in [-0.1, -0.05) is 0 Å². The molecule has 1 saturated heterocycles. The lowest BCUT2D eigenvalue weighted by Crippen LogP contribution is -2.46. The molecule has 1 rings (SSSR count). The molecule has 5 heteroatoms. The summed E-state index contributed by atoms with van der Waals surface area (Å²) in [4.78, 5) is 27.6. The Balaban J connectivity index is 2.54. The van der Waals surface area contributed by atoms with Crippen molar-refractivity contribution in [2.45, 2.75) is 39.2 Å². The highest BCUT2D eigenvalue weighted by atomic mass is 16.6. The Morgan fingerprint density at radius 1 is 1.42 bits per heavy atom. The maximum Gasteiger partial charge on any atom is 0.410 e. The predicted molar refractivity (Wildman–Crippen MR) is 74.1 cm³/mol. The fourth-order valence-corrected chi connectivity index (χ4v) is 2.07. The van der Waals surface area contributed by atoms with E-state index in [2.05, 4.69) is 4.90 Å². The topological polar surface area (TPSA) is 49.9 Å². The van der Waals surface area contributed by atoms with Crippen LogP contribution < -0.4 is 0 Å². The number of rotatable bonds is 3. The van der Waals surface area contributed by atoms with Crippen molar-refractivity contribution in [3.63, 3.8) is 0 Å². The Bertz CT molecular complexity index is 334. The average Bonchev–Trinajstić information content (AvgIpc) is 2.25. The third-order valence-electron chi connectivity index (χ3n) is 3.10. The molecule has 1 aliphatic heterocycles. The molecule has 1 heterocycles. The lowest BCUT2D eigenvalue weighted by Gasteiger charge is -2.33. The van der Waals surface area contributed by atoms with E-state index in [-0.39, 0.29) is 17.8 Å². The van der Waals surface area contributed by atoms with Gasteiger partial charge < -0.3 is 14.5 Å². The Morgan fingerprint density at radius 2 is 2.05 bits per heavy atom. The van der Waals surface area contributed by atoms with E-state index >= 15 is 0 Å². The van der Waals surface area contributed by atoms with E-state index in [0.29, 0.717) is 19.5 Å². The molecule has 0 aliphatic carbocycles. The van der Waals surface area contributed by atoms with Gasteiger partial charge in [-0.25, -0.2) is 4.79 Å². The van der Waals surface area contributed by atoms with Gasteiger partial charge in [-0.15, -0.1) is 0 Å². The first-order valence-electron chi connectivity index (χ1n) is 6.84. The predicted octanol–water partition coefficient (Wildman–Crippen LogP) is 1.76. The number of ether oxygens (including phenoxy) is 1. The van der Waals surface area contributed by atoms with Crippen LogP contribution in [-0.2, 0) is 9.53 Å². The van der Waals surface area contributed by atoms with E-state index in [9.17, 15) is 9.59 Å². The quantitative estimate of drug-likeness (QED) is 0.784. The summed E-state index contributed by atoms with van der Waals surface area (Å²) < 4.78 is 5.35. The van der Waals surface area contributed by atoms with Crippen LogP contribution in [0.1, 0.15) is 33.6 Å². The van der Waals surface area contributed by atoms with Crippen LogP contribution in [0.3, 0.4) is 0 Å². The summed E-state index contributed by atoms with van der Waals surface area (Å²) in [5.41, 5.74) is -0.488. The average molecular weight is 270 g/mol. The second-order valence-electron chi connectivity index (χ2n) is 6.43. The summed E-state index contributed by atoms with van der Waals surface area (Å²) in [6.07, 6.45) is 0.928. The number of carbonyl (C=O) groups excluding carboxylic acids is 2. The number of nitrogens with zero attached hydrogens (tertiary/aromatic N) is 2. The zero-order chi connectivity index (χ0) is 14.6. The number of Topliss-reactive ketones (excluding diaryl/α,β-unsaturated/α-hetero) is 1. The van der Waals surface area contributed by atoms with Crippen molar-refractivity contribution < 1.29 is 14.3 Å². The van der Waals surface area contributed by atoms with E-state index in [1.54, 1.807) is 4.90 Å². The molecule has 0 bridgehead atoms. The number of hydrogen-bond acceptors (Lipinski definition) is 4. The zero-order valence-electron chi connectivity index (χ0n) is 12.7. The molecule has 1 aliphatic rings. The van der Waals surface area contributed by atoms with Crippen molar-refractivity contribution in [3.05, 3.63) is 0 Å². The Morgan fingerprint density at radius 3 is 2.58 bits per heavy atom. The summed E-state index contributed by atoms with van der Waals surface area (Å²) in [5.74, 6) is 0.213. The van der Waals surface area contributed by atoms with E-state index < -0.39 is 5.60 Å². The molecule has 1 unspecified atom stereocenters. The molecule has 0 aromatic heterocycles. The van der Waals surface area contributed by atoms with E-state index in [0.717, 1.165) is 13.0 Å². The van der Waals surface area contributed by atoms with Crippen molar-refractivity contribution >= 4 is 11.9 Å². The Labute approximate surface area is 115 Å². The standard InChI is InChI=1S/C14H26N2O3/c1-14(2,3)19-13(18)16-9-7-12(17)11(10-16)6-8-15(4)5/h11H,6-10H2,1-5H3. The molecule has 0 saturated carbocycles. The van der Waals surface area contributed by atoms with Crippen LogP contribution in [0.4, 0.5) is 4.79 Å². The van der Waals surface area contributed by atoms with Crippen molar-refractivity contribution in [1.82, 2.24) is 9.80 Å². The minimum Gasteiger partial charge on any atom is -0.444 e. The largest absolute Gasteiger partial charge is 0.444 e. The molecular weight excluding hydrogens is 244 g/mol. The molecule has 0 aromatic carbocycles. The van der Waals surface area contributed by atoms with Crippen molar-refractivity contribution in [1.29, 1.82) is 0 Å². The molecule has 1 fully saturated rings. The molecule has 0 N–H and O–H groups in total. The summed E-state index contributed by atoms with van der Waals surface area (Å²) in [6.45, 7) is 7.38. The van der Waals surface area contributed by atoms with Crippen LogP contribution in [0.2, 0.25) is 0 Å². The summed E-state index contributed by atoms with van der Waals surface area (Å²) >= 11 is 0. The highest BCUT2D eigenvalue weighted by Gasteiger charge is 2.31. The van der Waals surface area contributed by atoms with Gasteiger partial charge in [0.2, 0.25) is 0 Å². The molecule has 0 aromatic rings. The first-order chi connectivity index (χ1) is 8.69. The molecule has 1 amide bonds. The summed E-state index contributed by atoms with van der Waals surface area (Å²) in [7, 11) is 3.97. The van der Waals surface area contributed by atoms with Gasteiger partial charge in [0.25, 0.3) is 0 Å². The van der Waals surface area contributed by atoms with Gasteiger partial charge in [0.1, 0.15) is 11.4 Å². The summed E-state index contributed by atoms with van der Waals surface area (Å²) in [5, 5.41) is 0. The number of piperidine rings is 1. The fraction of sp³-hybridized carbons (Fsp3) is 0.857. The number of likely N-dealkylation sites (tertiary alicyclic amines) is 1. The minimum atomic E-state index is -0.488. The van der Waals surface area contributed by atoms with Gasteiger partial charge in [0.05, 0.1) is 0 Å². The first kappa shape index (κ1) is 16.0. The van der Waals surface area contributed by atoms with Crippen LogP contribution in [0.15, 0.2) is 0 Å². The van der Waals surface area contributed by atoms with Gasteiger partial charge in [-0.2, -0.15) is 0 Å². The fourth-order valence-electron chi connectivity index (χ4n) is 2.07. The third-order valence-corrected chi connectivity index (χ3v) is 3.10. The maximum absolute atomic E-state index is 12.0.